The molecule has 0 atom stereocenters. The van der Waals surface area contributed by atoms with Crippen molar-refractivity contribution in [2.75, 3.05) is 13.1 Å². The summed E-state index contributed by atoms with van der Waals surface area (Å²) >= 11 is -0.198. The first kappa shape index (κ1) is 21.0. The van der Waals surface area contributed by atoms with E-state index in [1.807, 2.05) is 4.90 Å². The van der Waals surface area contributed by atoms with Crippen LogP contribution in [0.2, 0.25) is 0 Å². The molecule has 1 aliphatic carbocycles. The predicted molar refractivity (Wildman–Crippen MR) is 102 cm³/mol. The fourth-order valence-corrected chi connectivity index (χ4v) is 4.47. The number of likely N-dealkylation sites (tertiary alicyclic amines) is 1. The van der Waals surface area contributed by atoms with Crippen LogP contribution < -0.4 is 5.32 Å². The minimum atomic E-state index is -4.34. The SMILES string of the molecule is O=C(NC1CCN(C(=O)C2CCCCC2)CC1)c1ccc(SC(F)(F)F)cc1. The summed E-state index contributed by atoms with van der Waals surface area (Å²) in [7, 11) is 0. The zero-order valence-corrected chi connectivity index (χ0v) is 16.5. The average Bonchev–Trinajstić information content (AvgIpc) is 2.68. The number of rotatable bonds is 4. The van der Waals surface area contributed by atoms with E-state index in [0.29, 0.717) is 31.5 Å². The molecular formula is C20H25F3N2O2S. The van der Waals surface area contributed by atoms with Gasteiger partial charge in [-0.3, -0.25) is 9.59 Å². The number of amides is 2. The van der Waals surface area contributed by atoms with Gasteiger partial charge in [0, 0.05) is 35.5 Å². The van der Waals surface area contributed by atoms with Gasteiger partial charge >= 0.3 is 5.51 Å². The number of halogens is 3. The first-order chi connectivity index (χ1) is 13.3. The van der Waals surface area contributed by atoms with Gasteiger partial charge in [0.1, 0.15) is 0 Å². The highest BCUT2D eigenvalue weighted by Crippen LogP contribution is 2.36. The molecule has 3 rings (SSSR count). The number of carbonyl (C=O) groups is 2. The van der Waals surface area contributed by atoms with Crippen molar-refractivity contribution in [3.05, 3.63) is 29.8 Å². The van der Waals surface area contributed by atoms with Gasteiger partial charge in [-0.1, -0.05) is 19.3 Å². The van der Waals surface area contributed by atoms with Crippen LogP contribution in [0.5, 0.6) is 0 Å². The van der Waals surface area contributed by atoms with E-state index >= 15 is 0 Å². The molecule has 0 radical (unpaired) electrons. The van der Waals surface area contributed by atoms with Crippen molar-refractivity contribution in [3.63, 3.8) is 0 Å². The van der Waals surface area contributed by atoms with E-state index < -0.39 is 5.51 Å². The molecule has 1 saturated heterocycles. The average molecular weight is 414 g/mol. The van der Waals surface area contributed by atoms with Gasteiger partial charge in [0.25, 0.3) is 5.91 Å². The monoisotopic (exact) mass is 414 g/mol. The topological polar surface area (TPSA) is 49.4 Å². The molecule has 0 spiro atoms. The molecule has 4 nitrogen and oxygen atoms in total. The number of benzene rings is 1. The van der Waals surface area contributed by atoms with Gasteiger partial charge in [0.15, 0.2) is 0 Å². The summed E-state index contributed by atoms with van der Waals surface area (Å²) in [5.41, 5.74) is -4.00. The Balaban J connectivity index is 1.46. The number of nitrogens with one attached hydrogen (secondary N) is 1. The molecule has 1 aromatic rings. The highest BCUT2D eigenvalue weighted by molar-refractivity contribution is 8.00. The zero-order chi connectivity index (χ0) is 20.1. The van der Waals surface area contributed by atoms with Gasteiger partial charge in [-0.15, -0.1) is 0 Å². The number of hydrogen-bond acceptors (Lipinski definition) is 3. The quantitative estimate of drug-likeness (QED) is 0.733. The van der Waals surface area contributed by atoms with Crippen molar-refractivity contribution in [2.24, 2.45) is 5.92 Å². The van der Waals surface area contributed by atoms with Crippen molar-refractivity contribution in [3.8, 4) is 0 Å². The highest BCUT2D eigenvalue weighted by Gasteiger charge is 2.30. The summed E-state index contributed by atoms with van der Waals surface area (Å²) in [6.45, 7) is 1.28. The van der Waals surface area contributed by atoms with Crippen molar-refractivity contribution >= 4 is 23.6 Å². The van der Waals surface area contributed by atoms with E-state index in [-0.39, 0.29) is 40.4 Å². The minimum Gasteiger partial charge on any atom is -0.349 e. The zero-order valence-electron chi connectivity index (χ0n) is 15.6. The number of piperidine rings is 1. The largest absolute Gasteiger partial charge is 0.446 e. The van der Waals surface area contributed by atoms with Crippen LogP contribution in [0.3, 0.4) is 0 Å². The lowest BCUT2D eigenvalue weighted by Gasteiger charge is -2.35. The lowest BCUT2D eigenvalue weighted by atomic mass is 9.87. The molecule has 1 saturated carbocycles. The molecule has 8 heteroatoms. The van der Waals surface area contributed by atoms with E-state index in [9.17, 15) is 22.8 Å². The first-order valence-corrected chi connectivity index (χ1v) is 10.6. The standard InChI is InChI=1S/C20H25F3N2O2S/c21-20(22,23)28-17-8-6-14(7-9-17)18(26)24-16-10-12-25(13-11-16)19(27)15-4-2-1-3-5-15/h6-9,15-16H,1-5,10-13H2,(H,24,26). The van der Waals surface area contributed by atoms with Gasteiger partial charge in [0.05, 0.1) is 0 Å². The minimum absolute atomic E-state index is 0.0212. The Labute approximate surface area is 167 Å². The van der Waals surface area contributed by atoms with Crippen LogP contribution in [0.1, 0.15) is 55.3 Å². The van der Waals surface area contributed by atoms with E-state index in [0.717, 1.165) is 25.7 Å². The molecule has 1 aromatic carbocycles. The predicted octanol–water partition coefficient (Wildman–Crippen LogP) is 4.60. The Morgan fingerprint density at radius 3 is 2.14 bits per heavy atom. The Morgan fingerprint density at radius 1 is 0.964 bits per heavy atom. The van der Waals surface area contributed by atoms with Crippen LogP contribution in [0.15, 0.2) is 29.2 Å². The summed E-state index contributed by atoms with van der Waals surface area (Å²) < 4.78 is 37.1. The van der Waals surface area contributed by atoms with Crippen molar-refractivity contribution in [1.82, 2.24) is 10.2 Å². The molecule has 0 aromatic heterocycles. The van der Waals surface area contributed by atoms with Crippen LogP contribution in [0.25, 0.3) is 0 Å². The number of alkyl halides is 3. The van der Waals surface area contributed by atoms with Gasteiger partial charge in [-0.25, -0.2) is 0 Å². The second kappa shape index (κ2) is 9.20. The molecule has 0 bridgehead atoms. The van der Waals surface area contributed by atoms with Crippen LogP contribution in [-0.4, -0.2) is 41.4 Å². The second-order valence-corrected chi connectivity index (χ2v) is 8.62. The second-order valence-electron chi connectivity index (χ2n) is 7.48. The lowest BCUT2D eigenvalue weighted by Crippen LogP contribution is -2.48. The summed E-state index contributed by atoms with van der Waals surface area (Å²) in [6.07, 6.45) is 6.84. The van der Waals surface area contributed by atoms with E-state index in [1.165, 1.54) is 30.7 Å². The normalized spacial score (nSPS) is 19.5. The number of hydrogen-bond donors (Lipinski definition) is 1. The smallest absolute Gasteiger partial charge is 0.349 e. The molecule has 28 heavy (non-hydrogen) atoms. The maximum absolute atomic E-state index is 12.6. The molecule has 2 aliphatic rings. The molecule has 1 aliphatic heterocycles. The van der Waals surface area contributed by atoms with E-state index in [2.05, 4.69) is 5.32 Å². The Hall–Kier alpha value is -1.70. The van der Waals surface area contributed by atoms with E-state index in [4.69, 9.17) is 0 Å². The lowest BCUT2D eigenvalue weighted by molar-refractivity contribution is -0.137. The summed E-state index contributed by atoms with van der Waals surface area (Å²) in [4.78, 5) is 26.9. The summed E-state index contributed by atoms with van der Waals surface area (Å²) in [5.74, 6) is 0.121. The Kier molecular flexibility index (Phi) is 6.91. The summed E-state index contributed by atoms with van der Waals surface area (Å²) in [5, 5.41) is 2.94. The third-order valence-corrected chi connectivity index (χ3v) is 6.19. The van der Waals surface area contributed by atoms with Crippen molar-refractivity contribution in [1.29, 1.82) is 0 Å². The maximum atomic E-state index is 12.6. The third kappa shape index (κ3) is 5.90. The van der Waals surface area contributed by atoms with E-state index in [1.54, 1.807) is 0 Å². The molecule has 2 amide bonds. The first-order valence-electron chi connectivity index (χ1n) is 9.77. The molecule has 154 valence electrons. The molecule has 2 fully saturated rings. The fraction of sp³-hybridized carbons (Fsp3) is 0.600. The van der Waals surface area contributed by atoms with Gasteiger partial charge in [-0.05, 0) is 61.7 Å². The molecular weight excluding hydrogens is 389 g/mol. The number of thioether (sulfide) groups is 1. The van der Waals surface area contributed by atoms with Gasteiger partial charge in [0.2, 0.25) is 5.91 Å². The fourth-order valence-electron chi connectivity index (χ4n) is 3.93. The molecule has 1 heterocycles. The summed E-state index contributed by atoms with van der Waals surface area (Å²) in [6, 6.07) is 5.40. The van der Waals surface area contributed by atoms with Gasteiger partial charge < -0.3 is 10.2 Å². The molecule has 0 unspecified atom stereocenters. The number of nitrogens with zero attached hydrogens (tertiary/aromatic N) is 1. The van der Waals surface area contributed by atoms with Crippen molar-refractivity contribution < 1.29 is 22.8 Å². The van der Waals surface area contributed by atoms with Crippen LogP contribution in [0, 0.1) is 5.92 Å². The van der Waals surface area contributed by atoms with Crippen molar-refractivity contribution in [2.45, 2.75) is 61.4 Å². The van der Waals surface area contributed by atoms with Crippen LogP contribution in [-0.2, 0) is 4.79 Å². The van der Waals surface area contributed by atoms with Gasteiger partial charge in [-0.2, -0.15) is 13.2 Å². The Morgan fingerprint density at radius 2 is 1.57 bits per heavy atom. The van der Waals surface area contributed by atoms with Crippen LogP contribution >= 0.6 is 11.8 Å². The van der Waals surface area contributed by atoms with Crippen LogP contribution in [0.4, 0.5) is 13.2 Å². The third-order valence-electron chi connectivity index (χ3n) is 5.45. The molecule has 1 N–H and O–H groups in total. The number of carbonyl (C=O) groups excluding carboxylic acids is 2. The Bertz CT molecular complexity index is 680. The maximum Gasteiger partial charge on any atom is 0.446 e. The highest BCUT2D eigenvalue weighted by atomic mass is 32.2.